The van der Waals surface area contributed by atoms with Crippen LogP contribution in [0.4, 0.5) is 17.1 Å². The molecule has 1 aliphatic carbocycles. The van der Waals surface area contributed by atoms with Gasteiger partial charge in [-0.15, -0.1) is 13.0 Å². The fourth-order valence-electron chi connectivity index (χ4n) is 11.7. The summed E-state index contributed by atoms with van der Waals surface area (Å²) in [6, 6.07) is 26.4. The predicted molar refractivity (Wildman–Crippen MR) is 336 cm³/mol. The average molecular weight is 1260 g/mol. The number of benzene rings is 4. The lowest BCUT2D eigenvalue weighted by atomic mass is 9.80. The van der Waals surface area contributed by atoms with Crippen molar-refractivity contribution >= 4 is 91.6 Å². The molecule has 0 aromatic heterocycles. The van der Waals surface area contributed by atoms with E-state index in [1.807, 2.05) is 18.2 Å². The van der Waals surface area contributed by atoms with Crippen LogP contribution in [0.2, 0.25) is 0 Å². The highest BCUT2D eigenvalue weighted by Gasteiger charge is 2.45. The number of hydrogen-bond donors (Lipinski definition) is 5. The Morgan fingerprint density at radius 2 is 1.53 bits per heavy atom. The topological polar surface area (TPSA) is 239 Å². The van der Waals surface area contributed by atoms with E-state index in [1.165, 1.54) is 17.0 Å². The molecule has 462 valence electrons. The summed E-state index contributed by atoms with van der Waals surface area (Å²) in [5.74, 6) is 1.77. The SMILES string of the molecule is C=C1C=CC(=O)N1CCNC(=O)CCCCCN1/C(=C/C=C2\CCCC(/C=C/C3=[N+](CCCS(=O)(=O)O)c4ccc(N(CCCSOOO)CCCSOOO)cc4C3(C)C)=C2Oc2ccc(SOOO)cc2)C(C)(C)c2c1ccc1ccccc21. The van der Waals surface area contributed by atoms with Crippen LogP contribution in [-0.4, -0.2) is 112 Å². The van der Waals surface area contributed by atoms with Gasteiger partial charge in [-0.3, -0.25) is 14.1 Å². The van der Waals surface area contributed by atoms with E-state index in [2.05, 4.69) is 151 Å². The molecule has 3 heterocycles. The first kappa shape index (κ1) is 66.1. The number of carbonyl (C=O) groups is 2. The second kappa shape index (κ2) is 31.4. The molecule has 24 heteroatoms. The molecule has 0 bridgehead atoms. The van der Waals surface area contributed by atoms with Crippen LogP contribution in [0.25, 0.3) is 10.8 Å². The summed E-state index contributed by atoms with van der Waals surface area (Å²) in [4.78, 5) is 31.9. The van der Waals surface area contributed by atoms with Gasteiger partial charge in [0, 0.05) is 138 Å². The molecule has 0 spiro atoms. The molecule has 0 radical (unpaired) electrons. The number of hydrogen-bond acceptors (Lipinski definition) is 19. The van der Waals surface area contributed by atoms with Gasteiger partial charge in [-0.05, 0) is 147 Å². The van der Waals surface area contributed by atoms with Gasteiger partial charge in [-0.2, -0.15) is 13.0 Å². The normalized spacial score (nSPS) is 17.3. The average Bonchev–Trinajstić information content (AvgIpc) is 1.65. The van der Waals surface area contributed by atoms with Crippen LogP contribution in [0.15, 0.2) is 155 Å². The molecular formula is C62H76N5O15S4+. The van der Waals surface area contributed by atoms with Gasteiger partial charge in [-0.1, -0.05) is 78.4 Å². The molecular weight excluding hydrogens is 1180 g/mol. The van der Waals surface area contributed by atoms with Gasteiger partial charge >= 0.3 is 0 Å². The molecule has 8 rings (SSSR count). The first-order valence-electron chi connectivity index (χ1n) is 28.6. The number of rotatable bonds is 34. The summed E-state index contributed by atoms with van der Waals surface area (Å²) in [5, 5.41) is 42.9. The fourth-order valence-corrected chi connectivity index (χ4v) is 13.3. The van der Waals surface area contributed by atoms with Crippen LogP contribution in [0, 0.1) is 0 Å². The molecule has 5 N–H and O–H groups in total. The Hall–Kier alpha value is -5.81. The maximum atomic E-state index is 12.9. The second-order valence-corrected chi connectivity index (χ2v) is 26.0. The third kappa shape index (κ3) is 17.1. The van der Waals surface area contributed by atoms with Gasteiger partial charge in [0.1, 0.15) is 18.1 Å². The lowest BCUT2D eigenvalue weighted by Gasteiger charge is -2.28. The highest BCUT2D eigenvalue weighted by molar-refractivity contribution is 7.95. The van der Waals surface area contributed by atoms with Crippen molar-refractivity contribution in [3.05, 3.63) is 161 Å². The molecule has 0 saturated carbocycles. The largest absolute Gasteiger partial charge is 0.457 e. The number of anilines is 2. The Labute approximate surface area is 515 Å². The number of fused-ring (bicyclic) bond motifs is 4. The van der Waals surface area contributed by atoms with E-state index in [1.54, 1.807) is 23.1 Å². The smallest absolute Gasteiger partial charge is 0.265 e. The van der Waals surface area contributed by atoms with Crippen molar-refractivity contribution in [2.24, 2.45) is 0 Å². The Morgan fingerprint density at radius 1 is 0.802 bits per heavy atom. The van der Waals surface area contributed by atoms with E-state index in [9.17, 15) is 22.6 Å². The monoisotopic (exact) mass is 1260 g/mol. The Bertz CT molecular complexity index is 3330. The second-order valence-electron chi connectivity index (χ2n) is 22.1. The van der Waals surface area contributed by atoms with Crippen molar-refractivity contribution in [1.82, 2.24) is 10.2 Å². The summed E-state index contributed by atoms with van der Waals surface area (Å²) in [5.41, 5.74) is 8.89. The summed E-state index contributed by atoms with van der Waals surface area (Å²) in [6.07, 6.45) is 18.4. The number of allylic oxidation sites excluding steroid dienone is 8. The van der Waals surface area contributed by atoms with Gasteiger partial charge in [0.2, 0.25) is 11.6 Å². The number of nitrogens with one attached hydrogen (secondary N) is 1. The van der Waals surface area contributed by atoms with Gasteiger partial charge in [0.05, 0.1) is 23.2 Å². The van der Waals surface area contributed by atoms with Gasteiger partial charge < -0.3 is 24.8 Å². The Balaban J connectivity index is 1.12. The predicted octanol–water partition coefficient (Wildman–Crippen LogP) is 12.9. The van der Waals surface area contributed by atoms with Gasteiger partial charge in [0.25, 0.3) is 16.0 Å². The van der Waals surface area contributed by atoms with E-state index in [-0.39, 0.29) is 18.2 Å². The van der Waals surface area contributed by atoms with E-state index in [0.717, 1.165) is 119 Å². The van der Waals surface area contributed by atoms with Crippen LogP contribution in [0.3, 0.4) is 0 Å². The number of unbranched alkanes of at least 4 members (excludes halogenated alkanes) is 2. The van der Waals surface area contributed by atoms with Crippen LogP contribution in [-0.2, 0) is 58.7 Å². The van der Waals surface area contributed by atoms with Gasteiger partial charge in [0.15, 0.2) is 5.71 Å². The lowest BCUT2D eigenvalue weighted by Crippen LogP contribution is -2.34. The molecule has 3 aliphatic heterocycles. The maximum Gasteiger partial charge on any atom is 0.265 e. The Kier molecular flexibility index (Phi) is 24.1. The molecule has 4 aromatic carbocycles. The van der Waals surface area contributed by atoms with Crippen molar-refractivity contribution < 1.29 is 75.8 Å². The first-order valence-corrected chi connectivity index (χ1v) is 32.8. The summed E-state index contributed by atoms with van der Waals surface area (Å²) in [7, 11) is -4.25. The molecule has 0 fully saturated rings. The quantitative estimate of drug-likeness (QED) is 0.00729. The lowest BCUT2D eigenvalue weighted by molar-refractivity contribution is -0.437. The molecule has 2 amide bonds. The molecule has 4 aromatic rings. The van der Waals surface area contributed by atoms with Crippen LogP contribution >= 0.6 is 36.1 Å². The fraction of sp³-hybridized carbons (Fsp3) is 0.403. The molecule has 20 nitrogen and oxygen atoms in total. The van der Waals surface area contributed by atoms with Crippen LogP contribution < -0.4 is 19.9 Å². The molecule has 0 unspecified atom stereocenters. The van der Waals surface area contributed by atoms with Crippen molar-refractivity contribution in [2.45, 2.75) is 108 Å². The standard InChI is InChI=1S/C62H75N5O15S4/c1-44-20-33-58(69)65(44)39-34-63-57(68)19-7-6-10-37-67-54-29-21-45-15-8-9-18-51(45)59(54)62(4,5)56(67)32-23-47-17-11-16-46(60(47)76-49-25-27-50(28-26-49)85-82-79-72)22-31-55-61(2,3)52-43-48(24-30-53(52)66(55)38-14-42-86(73,74)75)64(35-12-40-83-80-77-70)36-13-41-84-81-78-71/h8-9,15,18,20-33,43H,1,6-7,10-14,16-17,19,34-42H2,2-5H3,(H4-,63,68,70,71,72,73,74,75)/p+1. The molecule has 4 aliphatic rings. The van der Waals surface area contributed by atoms with Crippen molar-refractivity contribution in [3.63, 3.8) is 0 Å². The third-order valence-corrected chi connectivity index (χ3v) is 18.4. The number of carbonyl (C=O) groups excluding carboxylic acids is 2. The zero-order valence-electron chi connectivity index (χ0n) is 48.8. The first-order chi connectivity index (χ1) is 41.4. The number of ether oxygens (including phenoxy) is 1. The Morgan fingerprint density at radius 3 is 2.23 bits per heavy atom. The maximum absolute atomic E-state index is 12.9. The van der Waals surface area contributed by atoms with Gasteiger partial charge in [-0.25, -0.2) is 15.8 Å². The minimum absolute atomic E-state index is 0.0496. The summed E-state index contributed by atoms with van der Waals surface area (Å²) < 4.78 is 57.2. The third-order valence-electron chi connectivity index (χ3n) is 15.8. The van der Waals surface area contributed by atoms with Crippen molar-refractivity contribution in [3.8, 4) is 5.75 Å². The van der Waals surface area contributed by atoms with Crippen LogP contribution in [0.5, 0.6) is 5.75 Å². The van der Waals surface area contributed by atoms with Crippen LogP contribution in [0.1, 0.15) is 103 Å². The number of nitrogens with zero attached hydrogens (tertiary/aromatic N) is 4. The van der Waals surface area contributed by atoms with E-state index in [4.69, 9.17) is 24.8 Å². The number of amides is 2. The van der Waals surface area contributed by atoms with E-state index < -0.39 is 26.7 Å². The highest BCUT2D eigenvalue weighted by atomic mass is 32.2. The van der Waals surface area contributed by atoms with E-state index >= 15 is 0 Å². The summed E-state index contributed by atoms with van der Waals surface area (Å²) in [6.45, 7) is 15.8. The minimum atomic E-state index is -4.25. The molecule has 86 heavy (non-hydrogen) atoms. The summed E-state index contributed by atoms with van der Waals surface area (Å²) >= 11 is 2.82. The minimum Gasteiger partial charge on any atom is -0.457 e. The highest BCUT2D eigenvalue weighted by Crippen LogP contribution is 2.51. The van der Waals surface area contributed by atoms with E-state index in [0.29, 0.717) is 98.4 Å². The van der Waals surface area contributed by atoms with Crippen molar-refractivity contribution in [2.75, 3.05) is 66.3 Å². The molecule has 0 atom stereocenters. The molecule has 0 saturated heterocycles. The zero-order chi connectivity index (χ0) is 61.3. The van der Waals surface area contributed by atoms with Crippen molar-refractivity contribution in [1.29, 1.82) is 0 Å². The zero-order valence-corrected chi connectivity index (χ0v) is 52.1.